The largest absolute Gasteiger partial charge is 0.495 e. The van der Waals surface area contributed by atoms with Gasteiger partial charge >= 0.3 is 0 Å². The number of para-hydroxylation sites is 1. The molecule has 1 heterocycles. The monoisotopic (exact) mass is 517 g/mol. The fourth-order valence-electron chi connectivity index (χ4n) is 4.28. The van der Waals surface area contributed by atoms with E-state index in [1.165, 1.54) is 7.11 Å². The fourth-order valence-corrected chi connectivity index (χ4v) is 4.49. The normalized spacial score (nSPS) is 13.3. The summed E-state index contributed by atoms with van der Waals surface area (Å²) < 4.78 is 5.35. The standard InChI is InChI=1S/C29H28ClN3O4/c1-5-18-9-7-10-19(6-2)25(18)32-27(34)20-11-8-12-21(16-20)31-26-24(30)28(35)33(29(26)36)22-15-17(3)13-14-23(22)37-4/h7-16,31H,5-6H2,1-4H3,(H,32,34). The molecule has 0 fully saturated rings. The zero-order valence-electron chi connectivity index (χ0n) is 21.1. The summed E-state index contributed by atoms with van der Waals surface area (Å²) in [6.45, 7) is 5.94. The number of carbonyl (C=O) groups excluding carboxylic acids is 3. The van der Waals surface area contributed by atoms with Crippen molar-refractivity contribution in [2.24, 2.45) is 0 Å². The van der Waals surface area contributed by atoms with E-state index in [-0.39, 0.29) is 16.6 Å². The number of methoxy groups -OCH3 is 1. The van der Waals surface area contributed by atoms with Crippen molar-refractivity contribution in [3.63, 3.8) is 0 Å². The summed E-state index contributed by atoms with van der Waals surface area (Å²) in [7, 11) is 1.46. The Morgan fingerprint density at radius 2 is 1.62 bits per heavy atom. The highest BCUT2D eigenvalue weighted by atomic mass is 35.5. The molecule has 0 unspecified atom stereocenters. The van der Waals surface area contributed by atoms with Gasteiger partial charge in [0, 0.05) is 16.9 Å². The Kier molecular flexibility index (Phi) is 7.64. The molecule has 3 aromatic carbocycles. The highest BCUT2D eigenvalue weighted by Gasteiger charge is 2.40. The Hall–Kier alpha value is -4.10. The lowest BCUT2D eigenvalue weighted by atomic mass is 10.0. The molecule has 3 aromatic rings. The van der Waals surface area contributed by atoms with Crippen molar-refractivity contribution in [2.75, 3.05) is 22.6 Å². The van der Waals surface area contributed by atoms with E-state index >= 15 is 0 Å². The van der Waals surface area contributed by atoms with E-state index < -0.39 is 11.8 Å². The van der Waals surface area contributed by atoms with Gasteiger partial charge in [0.25, 0.3) is 17.7 Å². The maximum atomic E-state index is 13.3. The predicted molar refractivity (Wildman–Crippen MR) is 146 cm³/mol. The molecular weight excluding hydrogens is 490 g/mol. The van der Waals surface area contributed by atoms with Crippen LogP contribution in [0.15, 0.2) is 71.4 Å². The predicted octanol–water partition coefficient (Wildman–Crippen LogP) is 5.82. The number of imide groups is 1. The summed E-state index contributed by atoms with van der Waals surface area (Å²) in [6.07, 6.45) is 1.58. The fraction of sp³-hybridized carbons (Fsp3) is 0.207. The molecule has 3 amide bonds. The van der Waals surface area contributed by atoms with E-state index in [1.54, 1.807) is 36.4 Å². The smallest absolute Gasteiger partial charge is 0.283 e. The van der Waals surface area contributed by atoms with Crippen LogP contribution in [0.25, 0.3) is 0 Å². The van der Waals surface area contributed by atoms with Crippen LogP contribution in [0.1, 0.15) is 40.9 Å². The maximum absolute atomic E-state index is 13.3. The van der Waals surface area contributed by atoms with Crippen LogP contribution in [-0.4, -0.2) is 24.8 Å². The number of halogens is 1. The van der Waals surface area contributed by atoms with Gasteiger partial charge in [-0.3, -0.25) is 14.4 Å². The molecule has 0 aliphatic carbocycles. The number of hydrogen-bond acceptors (Lipinski definition) is 5. The van der Waals surface area contributed by atoms with Crippen molar-refractivity contribution in [3.8, 4) is 5.75 Å². The number of ether oxygens (including phenoxy) is 1. The van der Waals surface area contributed by atoms with E-state index in [4.69, 9.17) is 16.3 Å². The molecule has 0 spiro atoms. The third-order valence-electron chi connectivity index (χ3n) is 6.23. The zero-order chi connectivity index (χ0) is 26.7. The van der Waals surface area contributed by atoms with Gasteiger partial charge in [0.05, 0.1) is 12.8 Å². The van der Waals surface area contributed by atoms with Crippen molar-refractivity contribution in [3.05, 3.63) is 93.6 Å². The number of nitrogens with zero attached hydrogens (tertiary/aromatic N) is 1. The van der Waals surface area contributed by atoms with Crippen molar-refractivity contribution in [2.45, 2.75) is 33.6 Å². The minimum atomic E-state index is -0.657. The van der Waals surface area contributed by atoms with Gasteiger partial charge in [0.2, 0.25) is 0 Å². The minimum absolute atomic E-state index is 0.0719. The number of hydrogen-bond donors (Lipinski definition) is 2. The van der Waals surface area contributed by atoms with Crippen LogP contribution in [0.4, 0.5) is 17.1 Å². The van der Waals surface area contributed by atoms with Crippen LogP contribution in [0.3, 0.4) is 0 Å². The molecular formula is C29H28ClN3O4. The average Bonchev–Trinajstić information content (AvgIpc) is 3.11. The molecule has 0 saturated heterocycles. The van der Waals surface area contributed by atoms with Crippen molar-refractivity contribution >= 4 is 46.4 Å². The van der Waals surface area contributed by atoms with E-state index in [9.17, 15) is 14.4 Å². The Bertz CT molecular complexity index is 1410. The van der Waals surface area contributed by atoms with E-state index in [2.05, 4.69) is 10.6 Å². The summed E-state index contributed by atoms with van der Waals surface area (Å²) in [5, 5.41) is 5.74. The number of benzene rings is 3. The highest BCUT2D eigenvalue weighted by molar-refractivity contribution is 6.53. The first-order valence-corrected chi connectivity index (χ1v) is 12.4. The second kappa shape index (κ2) is 10.9. The molecule has 1 aliphatic rings. The molecule has 0 saturated carbocycles. The molecule has 8 heteroatoms. The Balaban J connectivity index is 1.59. The van der Waals surface area contributed by atoms with E-state index in [1.807, 2.05) is 45.0 Å². The lowest BCUT2D eigenvalue weighted by Crippen LogP contribution is -2.32. The van der Waals surface area contributed by atoms with Crippen LogP contribution in [0.5, 0.6) is 5.75 Å². The molecule has 0 bridgehead atoms. The first-order chi connectivity index (χ1) is 17.8. The third kappa shape index (κ3) is 5.08. The van der Waals surface area contributed by atoms with Crippen LogP contribution in [0, 0.1) is 6.92 Å². The number of carbonyl (C=O) groups is 3. The van der Waals surface area contributed by atoms with Crippen LogP contribution in [0.2, 0.25) is 0 Å². The van der Waals surface area contributed by atoms with Gasteiger partial charge in [0.15, 0.2) is 0 Å². The number of rotatable bonds is 8. The number of amides is 3. The van der Waals surface area contributed by atoms with Crippen molar-refractivity contribution in [1.29, 1.82) is 0 Å². The topological polar surface area (TPSA) is 87.7 Å². The molecule has 1 aliphatic heterocycles. The highest BCUT2D eigenvalue weighted by Crippen LogP contribution is 2.36. The summed E-state index contributed by atoms with van der Waals surface area (Å²) in [5.41, 5.74) is 4.85. The van der Waals surface area contributed by atoms with E-state index in [0.717, 1.165) is 40.1 Å². The summed E-state index contributed by atoms with van der Waals surface area (Å²) in [5.74, 6) is -1.18. The second-order valence-corrected chi connectivity index (χ2v) is 9.01. The number of nitrogens with one attached hydrogen (secondary N) is 2. The van der Waals surface area contributed by atoms with Gasteiger partial charge in [-0.05, 0) is 66.8 Å². The lowest BCUT2D eigenvalue weighted by Gasteiger charge is -2.18. The molecule has 4 rings (SSSR count). The molecule has 190 valence electrons. The van der Waals surface area contributed by atoms with Gasteiger partial charge in [-0.2, -0.15) is 0 Å². The van der Waals surface area contributed by atoms with Gasteiger partial charge in [0.1, 0.15) is 16.5 Å². The molecule has 0 radical (unpaired) electrons. The summed E-state index contributed by atoms with van der Waals surface area (Å²) in [6, 6.07) is 17.9. The zero-order valence-corrected chi connectivity index (χ0v) is 21.9. The maximum Gasteiger partial charge on any atom is 0.283 e. The van der Waals surface area contributed by atoms with Gasteiger partial charge in [-0.25, -0.2) is 4.90 Å². The molecule has 2 N–H and O–H groups in total. The van der Waals surface area contributed by atoms with Gasteiger partial charge < -0.3 is 15.4 Å². The SMILES string of the molecule is CCc1cccc(CC)c1NC(=O)c1cccc(NC2=C(Cl)C(=O)N(c3cc(C)ccc3OC)C2=O)c1. The quantitative estimate of drug-likeness (QED) is 0.368. The summed E-state index contributed by atoms with van der Waals surface area (Å²) >= 11 is 6.31. The second-order valence-electron chi connectivity index (χ2n) is 8.63. The Morgan fingerprint density at radius 3 is 2.27 bits per heavy atom. The van der Waals surface area contributed by atoms with Crippen molar-refractivity contribution in [1.82, 2.24) is 0 Å². The van der Waals surface area contributed by atoms with Crippen LogP contribution >= 0.6 is 11.6 Å². The Labute approximate surface area is 221 Å². The third-order valence-corrected chi connectivity index (χ3v) is 6.58. The molecule has 7 nitrogen and oxygen atoms in total. The molecule has 37 heavy (non-hydrogen) atoms. The first kappa shape index (κ1) is 26.0. The molecule has 0 aromatic heterocycles. The number of anilines is 3. The van der Waals surface area contributed by atoms with Gasteiger partial charge in [-0.1, -0.05) is 55.8 Å². The average molecular weight is 518 g/mol. The van der Waals surface area contributed by atoms with Crippen LogP contribution in [-0.2, 0) is 22.4 Å². The first-order valence-electron chi connectivity index (χ1n) is 12.0. The van der Waals surface area contributed by atoms with Crippen molar-refractivity contribution < 1.29 is 19.1 Å². The van der Waals surface area contributed by atoms with E-state index in [0.29, 0.717) is 22.7 Å². The summed E-state index contributed by atoms with van der Waals surface area (Å²) in [4.78, 5) is 40.4. The van der Waals surface area contributed by atoms with Crippen LogP contribution < -0.4 is 20.3 Å². The van der Waals surface area contributed by atoms with Gasteiger partial charge in [-0.15, -0.1) is 0 Å². The number of aryl methyl sites for hydroxylation is 3. The minimum Gasteiger partial charge on any atom is -0.495 e. The lowest BCUT2D eigenvalue weighted by molar-refractivity contribution is -0.120. The molecule has 0 atom stereocenters. The Morgan fingerprint density at radius 1 is 0.946 bits per heavy atom.